The van der Waals surface area contributed by atoms with Crippen molar-refractivity contribution in [3.05, 3.63) is 29.8 Å². The molecule has 0 saturated heterocycles. The summed E-state index contributed by atoms with van der Waals surface area (Å²) < 4.78 is 5.61. The van der Waals surface area contributed by atoms with Crippen LogP contribution in [-0.4, -0.2) is 25.1 Å². The van der Waals surface area contributed by atoms with Crippen LogP contribution in [-0.2, 0) is 11.3 Å². The lowest BCUT2D eigenvalue weighted by Gasteiger charge is -2.12. The third-order valence-corrected chi connectivity index (χ3v) is 3.02. The summed E-state index contributed by atoms with van der Waals surface area (Å²) >= 11 is 0. The van der Waals surface area contributed by atoms with E-state index in [-0.39, 0.29) is 12.5 Å². The lowest BCUT2D eigenvalue weighted by molar-refractivity contribution is -0.123. The summed E-state index contributed by atoms with van der Waals surface area (Å²) in [5.41, 5.74) is 1.09. The van der Waals surface area contributed by atoms with E-state index in [1.807, 2.05) is 24.3 Å². The number of carbonyl (C=O) groups is 1. The Kier molecular flexibility index (Phi) is 5.21. The van der Waals surface area contributed by atoms with E-state index in [1.165, 1.54) is 0 Å². The van der Waals surface area contributed by atoms with Crippen LogP contribution in [0.3, 0.4) is 0 Å². The third kappa shape index (κ3) is 4.91. The van der Waals surface area contributed by atoms with Crippen LogP contribution in [0.1, 0.15) is 31.7 Å². The van der Waals surface area contributed by atoms with Crippen LogP contribution in [0.2, 0.25) is 0 Å². The molecule has 1 aliphatic carbocycles. The zero-order chi connectivity index (χ0) is 13.5. The van der Waals surface area contributed by atoms with E-state index < -0.39 is 0 Å². The predicted octanol–water partition coefficient (Wildman–Crippen LogP) is 1.84. The largest absolute Gasteiger partial charge is 0.483 e. The Bertz CT molecular complexity index is 416. The topological polar surface area (TPSA) is 50.4 Å². The van der Waals surface area contributed by atoms with E-state index in [9.17, 15) is 4.79 Å². The second-order valence-electron chi connectivity index (χ2n) is 4.91. The Labute approximate surface area is 114 Å². The molecule has 4 heteroatoms. The van der Waals surface area contributed by atoms with Gasteiger partial charge in [-0.25, -0.2) is 0 Å². The Morgan fingerprint density at radius 2 is 2.16 bits per heavy atom. The maximum atomic E-state index is 11.6. The molecule has 0 aliphatic heterocycles. The summed E-state index contributed by atoms with van der Waals surface area (Å²) in [6, 6.07) is 8.24. The van der Waals surface area contributed by atoms with Gasteiger partial charge in [-0.1, -0.05) is 25.1 Å². The van der Waals surface area contributed by atoms with Crippen molar-refractivity contribution < 1.29 is 9.53 Å². The molecular weight excluding hydrogens is 240 g/mol. The molecule has 0 radical (unpaired) electrons. The smallest absolute Gasteiger partial charge is 0.258 e. The van der Waals surface area contributed by atoms with Gasteiger partial charge in [-0.05, 0) is 31.9 Å². The van der Waals surface area contributed by atoms with Gasteiger partial charge in [0, 0.05) is 18.2 Å². The summed E-state index contributed by atoms with van der Waals surface area (Å²) in [5, 5.41) is 6.26. The Morgan fingerprint density at radius 3 is 2.89 bits per heavy atom. The molecule has 0 unspecified atom stereocenters. The van der Waals surface area contributed by atoms with E-state index in [0.29, 0.717) is 6.04 Å². The molecule has 0 aromatic heterocycles. The second kappa shape index (κ2) is 7.14. The molecule has 0 bridgehead atoms. The van der Waals surface area contributed by atoms with Crippen LogP contribution in [0.4, 0.5) is 0 Å². The molecule has 1 saturated carbocycles. The monoisotopic (exact) mass is 262 g/mol. The van der Waals surface area contributed by atoms with Crippen LogP contribution < -0.4 is 15.4 Å². The van der Waals surface area contributed by atoms with Crippen molar-refractivity contribution in [1.82, 2.24) is 10.6 Å². The lowest BCUT2D eigenvalue weighted by atomic mass is 10.2. The molecule has 1 aromatic rings. The average Bonchev–Trinajstić information content (AvgIpc) is 3.22. The van der Waals surface area contributed by atoms with E-state index >= 15 is 0 Å². The molecule has 0 heterocycles. The Morgan fingerprint density at radius 1 is 1.37 bits per heavy atom. The van der Waals surface area contributed by atoms with Gasteiger partial charge >= 0.3 is 0 Å². The number of benzene rings is 1. The molecule has 4 nitrogen and oxygen atoms in total. The van der Waals surface area contributed by atoms with Gasteiger partial charge in [-0.3, -0.25) is 4.79 Å². The summed E-state index contributed by atoms with van der Waals surface area (Å²) in [5.74, 6) is 0.760. The molecule has 2 N–H and O–H groups in total. The van der Waals surface area contributed by atoms with Crippen molar-refractivity contribution in [1.29, 1.82) is 0 Å². The Balaban J connectivity index is 1.81. The minimum atomic E-state index is -0.0289. The number of amides is 1. The van der Waals surface area contributed by atoms with Crippen LogP contribution in [0.5, 0.6) is 5.75 Å². The summed E-state index contributed by atoms with van der Waals surface area (Å²) in [7, 11) is 0. The fourth-order valence-corrected chi connectivity index (χ4v) is 1.83. The first kappa shape index (κ1) is 13.9. The van der Waals surface area contributed by atoms with Gasteiger partial charge in [0.25, 0.3) is 5.91 Å². The number of hydrogen-bond donors (Lipinski definition) is 2. The van der Waals surface area contributed by atoms with Crippen molar-refractivity contribution in [2.24, 2.45) is 0 Å². The summed E-state index contributed by atoms with van der Waals surface area (Å²) in [6.07, 6.45) is 3.30. The Hall–Kier alpha value is -1.55. The normalized spacial score (nSPS) is 14.2. The predicted molar refractivity (Wildman–Crippen MR) is 75.1 cm³/mol. The first-order chi connectivity index (χ1) is 9.29. The highest BCUT2D eigenvalue weighted by atomic mass is 16.5. The molecule has 2 rings (SSSR count). The molecule has 19 heavy (non-hydrogen) atoms. The number of rotatable bonds is 8. The average molecular weight is 262 g/mol. The van der Waals surface area contributed by atoms with Crippen LogP contribution in [0, 0.1) is 0 Å². The minimum Gasteiger partial charge on any atom is -0.483 e. The van der Waals surface area contributed by atoms with Crippen LogP contribution in [0.25, 0.3) is 0 Å². The second-order valence-corrected chi connectivity index (χ2v) is 4.91. The highest BCUT2D eigenvalue weighted by Crippen LogP contribution is 2.19. The number of carbonyl (C=O) groups excluding carboxylic acids is 1. The fourth-order valence-electron chi connectivity index (χ4n) is 1.83. The molecule has 1 aromatic carbocycles. The van der Waals surface area contributed by atoms with Crippen LogP contribution >= 0.6 is 0 Å². The van der Waals surface area contributed by atoms with Gasteiger partial charge in [-0.2, -0.15) is 0 Å². The molecule has 1 aliphatic rings. The van der Waals surface area contributed by atoms with Gasteiger partial charge in [0.15, 0.2) is 6.61 Å². The zero-order valence-corrected chi connectivity index (χ0v) is 11.4. The number of ether oxygens (including phenoxy) is 1. The molecule has 0 spiro atoms. The van der Waals surface area contributed by atoms with Crippen molar-refractivity contribution >= 4 is 5.91 Å². The van der Waals surface area contributed by atoms with E-state index in [4.69, 9.17) is 4.74 Å². The molecule has 1 fully saturated rings. The summed E-state index contributed by atoms with van der Waals surface area (Å²) in [4.78, 5) is 11.6. The summed E-state index contributed by atoms with van der Waals surface area (Å²) in [6.45, 7) is 3.99. The lowest BCUT2D eigenvalue weighted by Crippen LogP contribution is -2.30. The molecular formula is C15H22N2O2. The van der Waals surface area contributed by atoms with Crippen molar-refractivity contribution in [3.63, 3.8) is 0 Å². The first-order valence-electron chi connectivity index (χ1n) is 7.00. The quantitative estimate of drug-likeness (QED) is 0.703. The van der Waals surface area contributed by atoms with E-state index in [1.54, 1.807) is 0 Å². The molecule has 0 atom stereocenters. The number of hydrogen-bond acceptors (Lipinski definition) is 3. The van der Waals surface area contributed by atoms with Gasteiger partial charge in [0.05, 0.1) is 0 Å². The standard InChI is InChI=1S/C15H22N2O2/c1-2-9-16-10-12-5-3-4-6-14(12)19-11-15(18)17-13-7-8-13/h3-6,13,16H,2,7-11H2,1H3,(H,17,18). The first-order valence-corrected chi connectivity index (χ1v) is 7.00. The zero-order valence-electron chi connectivity index (χ0n) is 11.4. The van der Waals surface area contributed by atoms with Gasteiger partial charge in [0.2, 0.25) is 0 Å². The van der Waals surface area contributed by atoms with Gasteiger partial charge < -0.3 is 15.4 Å². The van der Waals surface area contributed by atoms with Crippen molar-refractivity contribution in [3.8, 4) is 5.75 Å². The SMILES string of the molecule is CCCNCc1ccccc1OCC(=O)NC1CC1. The fraction of sp³-hybridized carbons (Fsp3) is 0.533. The maximum absolute atomic E-state index is 11.6. The van der Waals surface area contributed by atoms with Crippen molar-refractivity contribution in [2.45, 2.75) is 38.8 Å². The number of para-hydroxylation sites is 1. The van der Waals surface area contributed by atoms with E-state index in [0.717, 1.165) is 43.7 Å². The molecule has 104 valence electrons. The van der Waals surface area contributed by atoms with Gasteiger partial charge in [-0.15, -0.1) is 0 Å². The molecule has 1 amide bonds. The maximum Gasteiger partial charge on any atom is 0.258 e. The van der Waals surface area contributed by atoms with Gasteiger partial charge in [0.1, 0.15) is 5.75 Å². The van der Waals surface area contributed by atoms with E-state index in [2.05, 4.69) is 17.6 Å². The van der Waals surface area contributed by atoms with Crippen molar-refractivity contribution in [2.75, 3.05) is 13.2 Å². The highest BCUT2D eigenvalue weighted by Gasteiger charge is 2.23. The van der Waals surface area contributed by atoms with Crippen LogP contribution in [0.15, 0.2) is 24.3 Å². The minimum absolute atomic E-state index is 0.0289. The number of nitrogens with one attached hydrogen (secondary N) is 2. The third-order valence-electron chi connectivity index (χ3n) is 3.02. The highest BCUT2D eigenvalue weighted by molar-refractivity contribution is 5.78.